The van der Waals surface area contributed by atoms with Crippen molar-refractivity contribution in [2.75, 3.05) is 13.2 Å². The van der Waals surface area contributed by atoms with Gasteiger partial charge in [-0.1, -0.05) is 0 Å². The zero-order valence-corrected chi connectivity index (χ0v) is 6.91. The van der Waals surface area contributed by atoms with Gasteiger partial charge in [-0.2, -0.15) is 0 Å². The molecule has 1 unspecified atom stereocenters. The van der Waals surface area contributed by atoms with Crippen molar-refractivity contribution in [1.82, 2.24) is 9.88 Å². The molecule has 6 nitrogen and oxygen atoms in total. The normalized spacial score (nSPS) is 12.8. The van der Waals surface area contributed by atoms with Crippen molar-refractivity contribution >= 4 is 11.3 Å². The van der Waals surface area contributed by atoms with Crippen molar-refractivity contribution in [2.24, 2.45) is 0 Å². The fraction of sp³-hybridized carbons (Fsp3) is 0.400. The second kappa shape index (κ2) is 4.86. The van der Waals surface area contributed by atoms with Gasteiger partial charge in [0.25, 0.3) is 5.88 Å². The van der Waals surface area contributed by atoms with E-state index in [2.05, 4.69) is 14.4 Å². The van der Waals surface area contributed by atoms with Crippen molar-refractivity contribution < 1.29 is 18.0 Å². The largest absolute Gasteiger partial charge is 0.474 e. The third-order valence-corrected chi connectivity index (χ3v) is 1.44. The van der Waals surface area contributed by atoms with E-state index in [1.165, 1.54) is 6.26 Å². The molecule has 0 radical (unpaired) electrons. The van der Waals surface area contributed by atoms with Crippen LogP contribution in [0, 0.1) is 0 Å². The molecular weight excluding hydrogens is 184 g/mol. The summed E-state index contributed by atoms with van der Waals surface area (Å²) in [4.78, 5) is 0. The minimum absolute atomic E-state index is 0.263. The molecular formula is C5H8N2O4S. The molecule has 7 heteroatoms. The molecule has 1 rings (SSSR count). The van der Waals surface area contributed by atoms with E-state index >= 15 is 0 Å². The van der Waals surface area contributed by atoms with Gasteiger partial charge in [0.1, 0.15) is 12.9 Å². The number of rotatable bonds is 5. The van der Waals surface area contributed by atoms with Crippen LogP contribution in [0.25, 0.3) is 0 Å². The summed E-state index contributed by atoms with van der Waals surface area (Å²) in [7, 11) is 0. The standard InChI is InChI=1S/C5H8N2O4S/c8-12(9)6-2-4-10-5-1-3-11-7-5/h1,3,6H,2,4H2,(H,8,9). The van der Waals surface area contributed by atoms with E-state index in [0.717, 1.165) is 0 Å². The van der Waals surface area contributed by atoms with Crippen LogP contribution in [0.2, 0.25) is 0 Å². The highest BCUT2D eigenvalue weighted by Gasteiger charge is 1.96. The molecule has 0 saturated carbocycles. The molecule has 68 valence electrons. The van der Waals surface area contributed by atoms with Crippen LogP contribution in [-0.2, 0) is 11.3 Å². The molecule has 0 bridgehead atoms. The van der Waals surface area contributed by atoms with Crippen LogP contribution in [-0.4, -0.2) is 27.1 Å². The van der Waals surface area contributed by atoms with Gasteiger partial charge in [-0.05, 0) is 5.16 Å². The van der Waals surface area contributed by atoms with Crippen LogP contribution >= 0.6 is 0 Å². The van der Waals surface area contributed by atoms with E-state index < -0.39 is 11.3 Å². The van der Waals surface area contributed by atoms with Gasteiger partial charge >= 0.3 is 0 Å². The van der Waals surface area contributed by atoms with E-state index in [4.69, 9.17) is 9.29 Å². The number of hydrogen-bond donors (Lipinski definition) is 2. The summed E-state index contributed by atoms with van der Waals surface area (Å²) in [5.74, 6) is 0.362. The third kappa shape index (κ3) is 3.46. The van der Waals surface area contributed by atoms with Crippen LogP contribution in [0.3, 0.4) is 0 Å². The molecule has 1 atom stereocenters. The second-order valence-electron chi connectivity index (χ2n) is 1.83. The van der Waals surface area contributed by atoms with Gasteiger partial charge in [-0.15, -0.1) is 0 Å². The first-order chi connectivity index (χ1) is 5.79. The second-order valence-corrected chi connectivity index (χ2v) is 2.62. The number of nitrogens with one attached hydrogen (secondary N) is 1. The summed E-state index contributed by atoms with van der Waals surface area (Å²) in [6.45, 7) is 0.537. The predicted molar refractivity (Wildman–Crippen MR) is 40.8 cm³/mol. The molecule has 0 aliphatic carbocycles. The van der Waals surface area contributed by atoms with Crippen LogP contribution < -0.4 is 9.46 Å². The van der Waals surface area contributed by atoms with Gasteiger partial charge in [-0.25, -0.2) is 8.93 Å². The lowest BCUT2D eigenvalue weighted by atomic mass is 10.7. The SMILES string of the molecule is O=S(O)NCCOc1ccon1. The average Bonchev–Trinajstić information content (AvgIpc) is 2.49. The Kier molecular flexibility index (Phi) is 3.71. The lowest BCUT2D eigenvalue weighted by molar-refractivity contribution is 0.283. The number of aromatic nitrogens is 1. The highest BCUT2D eigenvalue weighted by Crippen LogP contribution is 2.02. The molecule has 0 spiro atoms. The van der Waals surface area contributed by atoms with Crippen molar-refractivity contribution in [3.05, 3.63) is 12.3 Å². The van der Waals surface area contributed by atoms with Crippen LogP contribution in [0.1, 0.15) is 0 Å². The van der Waals surface area contributed by atoms with E-state index in [1.54, 1.807) is 6.07 Å². The van der Waals surface area contributed by atoms with Gasteiger partial charge in [0, 0.05) is 12.6 Å². The lowest BCUT2D eigenvalue weighted by Crippen LogP contribution is -2.22. The Morgan fingerprint density at radius 3 is 3.25 bits per heavy atom. The summed E-state index contributed by atoms with van der Waals surface area (Å²) in [5, 5.41) is 3.47. The van der Waals surface area contributed by atoms with Gasteiger partial charge in [-0.3, -0.25) is 4.55 Å². The van der Waals surface area contributed by atoms with E-state index in [-0.39, 0.29) is 13.2 Å². The third-order valence-electron chi connectivity index (χ3n) is 0.992. The fourth-order valence-corrected chi connectivity index (χ4v) is 0.818. The first-order valence-corrected chi connectivity index (χ1v) is 4.27. The molecule has 2 N–H and O–H groups in total. The maximum Gasteiger partial charge on any atom is 0.254 e. The van der Waals surface area contributed by atoms with Crippen LogP contribution in [0.5, 0.6) is 5.88 Å². The number of ether oxygens (including phenoxy) is 1. The van der Waals surface area contributed by atoms with E-state index in [9.17, 15) is 4.21 Å². The number of hydrogen-bond acceptors (Lipinski definition) is 4. The summed E-state index contributed by atoms with van der Waals surface area (Å²) < 4.78 is 30.1. The Hall–Kier alpha value is -0.920. The fourth-order valence-electron chi connectivity index (χ4n) is 0.560. The van der Waals surface area contributed by atoms with E-state index in [0.29, 0.717) is 5.88 Å². The Morgan fingerprint density at radius 1 is 1.83 bits per heavy atom. The molecule has 1 aromatic heterocycles. The highest BCUT2D eigenvalue weighted by molar-refractivity contribution is 7.77. The quantitative estimate of drug-likeness (QED) is 0.497. The lowest BCUT2D eigenvalue weighted by Gasteiger charge is -2.00. The molecule has 12 heavy (non-hydrogen) atoms. The molecule has 1 heterocycles. The van der Waals surface area contributed by atoms with Crippen molar-refractivity contribution in [1.29, 1.82) is 0 Å². The molecule has 0 aliphatic rings. The highest BCUT2D eigenvalue weighted by atomic mass is 32.2. The Labute approximate surface area is 71.3 Å². The summed E-state index contributed by atoms with van der Waals surface area (Å²) in [5.41, 5.74) is 0. The zero-order chi connectivity index (χ0) is 8.81. The summed E-state index contributed by atoms with van der Waals surface area (Å²) in [6.07, 6.45) is 1.38. The smallest absolute Gasteiger partial charge is 0.254 e. The molecule has 1 aromatic rings. The van der Waals surface area contributed by atoms with Crippen LogP contribution in [0.15, 0.2) is 16.9 Å². The maximum atomic E-state index is 10.1. The molecule has 0 aromatic carbocycles. The molecule has 0 saturated heterocycles. The molecule has 0 amide bonds. The minimum Gasteiger partial charge on any atom is -0.474 e. The van der Waals surface area contributed by atoms with Crippen LogP contribution in [0.4, 0.5) is 0 Å². The molecule has 0 fully saturated rings. The van der Waals surface area contributed by atoms with Gasteiger partial charge < -0.3 is 9.26 Å². The zero-order valence-electron chi connectivity index (χ0n) is 6.10. The molecule has 0 aliphatic heterocycles. The minimum atomic E-state index is -1.99. The monoisotopic (exact) mass is 192 g/mol. The first kappa shape index (κ1) is 9.17. The summed E-state index contributed by atoms with van der Waals surface area (Å²) in [6, 6.07) is 1.55. The topological polar surface area (TPSA) is 84.6 Å². The van der Waals surface area contributed by atoms with Gasteiger partial charge in [0.15, 0.2) is 0 Å². The Bertz CT molecular complexity index is 238. The van der Waals surface area contributed by atoms with E-state index in [1.807, 2.05) is 0 Å². The number of nitrogens with zero attached hydrogens (tertiary/aromatic N) is 1. The maximum absolute atomic E-state index is 10.1. The first-order valence-electron chi connectivity index (χ1n) is 3.16. The van der Waals surface area contributed by atoms with Gasteiger partial charge in [0.2, 0.25) is 11.3 Å². The van der Waals surface area contributed by atoms with Crippen molar-refractivity contribution in [3.63, 3.8) is 0 Å². The summed E-state index contributed by atoms with van der Waals surface area (Å²) >= 11 is -1.99. The van der Waals surface area contributed by atoms with Crippen molar-refractivity contribution in [3.8, 4) is 5.88 Å². The Morgan fingerprint density at radius 2 is 2.67 bits per heavy atom. The van der Waals surface area contributed by atoms with Gasteiger partial charge in [0.05, 0.1) is 0 Å². The predicted octanol–water partition coefficient (Wildman–Crippen LogP) is -0.220. The average molecular weight is 192 g/mol. The van der Waals surface area contributed by atoms with Crippen molar-refractivity contribution in [2.45, 2.75) is 0 Å². The Balaban J connectivity index is 2.07.